The standard InChI is InChI=1S/C22H29N3O2/c1-15-9-10-19(17(3)11-15)13-25(5)14-22(27)23-12-21(26)24-20-8-6-7-16(2)18(20)4/h6-11H,12-14H2,1-5H3,(H,23,27)(H,24,26). The Morgan fingerprint density at radius 2 is 1.70 bits per heavy atom. The van der Waals surface area contributed by atoms with Crippen molar-refractivity contribution < 1.29 is 9.59 Å². The SMILES string of the molecule is Cc1ccc(CN(C)CC(=O)NCC(=O)Nc2cccc(C)c2C)c(C)c1. The van der Waals surface area contributed by atoms with Gasteiger partial charge in [0.1, 0.15) is 0 Å². The highest BCUT2D eigenvalue weighted by Crippen LogP contribution is 2.17. The molecular formula is C22H29N3O2. The first-order valence-electron chi connectivity index (χ1n) is 9.13. The summed E-state index contributed by atoms with van der Waals surface area (Å²) in [4.78, 5) is 26.2. The molecular weight excluding hydrogens is 338 g/mol. The number of nitrogens with one attached hydrogen (secondary N) is 2. The highest BCUT2D eigenvalue weighted by atomic mass is 16.2. The smallest absolute Gasteiger partial charge is 0.243 e. The number of aryl methyl sites for hydroxylation is 3. The number of carbonyl (C=O) groups excluding carboxylic acids is 2. The zero-order chi connectivity index (χ0) is 20.0. The summed E-state index contributed by atoms with van der Waals surface area (Å²) in [6, 6.07) is 12.1. The molecule has 2 N–H and O–H groups in total. The monoisotopic (exact) mass is 367 g/mol. The van der Waals surface area contributed by atoms with E-state index in [2.05, 4.69) is 42.7 Å². The number of nitrogens with zero attached hydrogens (tertiary/aromatic N) is 1. The van der Waals surface area contributed by atoms with Gasteiger partial charge < -0.3 is 10.6 Å². The second kappa shape index (κ2) is 9.33. The minimum Gasteiger partial charge on any atom is -0.346 e. The highest BCUT2D eigenvalue weighted by Gasteiger charge is 2.11. The first-order chi connectivity index (χ1) is 12.8. The Morgan fingerprint density at radius 3 is 2.41 bits per heavy atom. The fourth-order valence-electron chi connectivity index (χ4n) is 2.93. The van der Waals surface area contributed by atoms with Gasteiger partial charge in [-0.25, -0.2) is 0 Å². The van der Waals surface area contributed by atoms with Crippen molar-refractivity contribution in [1.82, 2.24) is 10.2 Å². The van der Waals surface area contributed by atoms with Gasteiger partial charge in [0.2, 0.25) is 11.8 Å². The quantitative estimate of drug-likeness (QED) is 0.790. The first-order valence-corrected chi connectivity index (χ1v) is 9.13. The molecule has 0 aliphatic heterocycles. The molecule has 0 aromatic heterocycles. The number of rotatable bonds is 7. The Morgan fingerprint density at radius 1 is 0.963 bits per heavy atom. The van der Waals surface area contributed by atoms with Crippen molar-refractivity contribution in [3.63, 3.8) is 0 Å². The molecule has 0 heterocycles. The lowest BCUT2D eigenvalue weighted by atomic mass is 10.1. The molecule has 0 fully saturated rings. The summed E-state index contributed by atoms with van der Waals surface area (Å²) in [5.41, 5.74) is 6.57. The van der Waals surface area contributed by atoms with Crippen molar-refractivity contribution in [2.75, 3.05) is 25.5 Å². The molecule has 0 aliphatic carbocycles. The normalized spacial score (nSPS) is 10.7. The van der Waals surface area contributed by atoms with Gasteiger partial charge in [0.05, 0.1) is 13.1 Å². The van der Waals surface area contributed by atoms with Crippen LogP contribution in [0.3, 0.4) is 0 Å². The lowest BCUT2D eigenvalue weighted by molar-refractivity contribution is -0.124. The lowest BCUT2D eigenvalue weighted by Gasteiger charge is -2.18. The molecule has 0 saturated heterocycles. The molecule has 0 atom stereocenters. The maximum atomic E-state index is 12.1. The zero-order valence-corrected chi connectivity index (χ0v) is 16.8. The third kappa shape index (κ3) is 6.22. The largest absolute Gasteiger partial charge is 0.346 e. The van der Waals surface area contributed by atoms with E-state index in [-0.39, 0.29) is 24.9 Å². The van der Waals surface area contributed by atoms with E-state index in [4.69, 9.17) is 0 Å². The Kier molecular flexibility index (Phi) is 7.13. The van der Waals surface area contributed by atoms with E-state index < -0.39 is 0 Å². The molecule has 5 nitrogen and oxygen atoms in total. The van der Waals surface area contributed by atoms with Crippen LogP contribution in [0.15, 0.2) is 36.4 Å². The van der Waals surface area contributed by atoms with Crippen molar-refractivity contribution in [3.05, 3.63) is 64.2 Å². The van der Waals surface area contributed by atoms with Crippen LogP contribution >= 0.6 is 0 Å². The minimum absolute atomic E-state index is 0.0381. The second-order valence-electron chi connectivity index (χ2n) is 7.17. The Balaban J connectivity index is 1.79. The number of carbonyl (C=O) groups is 2. The summed E-state index contributed by atoms with van der Waals surface area (Å²) in [6.07, 6.45) is 0. The minimum atomic E-state index is -0.228. The number of hydrogen-bond acceptors (Lipinski definition) is 3. The van der Waals surface area contributed by atoms with Gasteiger partial charge in [-0.15, -0.1) is 0 Å². The summed E-state index contributed by atoms with van der Waals surface area (Å²) >= 11 is 0. The van der Waals surface area contributed by atoms with E-state index in [1.54, 1.807) is 0 Å². The van der Waals surface area contributed by atoms with Gasteiger partial charge >= 0.3 is 0 Å². The number of anilines is 1. The molecule has 2 aromatic carbocycles. The van der Waals surface area contributed by atoms with Gasteiger partial charge in [-0.2, -0.15) is 0 Å². The van der Waals surface area contributed by atoms with Crippen LogP contribution in [0.5, 0.6) is 0 Å². The summed E-state index contributed by atoms with van der Waals surface area (Å²) < 4.78 is 0. The average molecular weight is 367 g/mol. The Labute approximate surface area is 161 Å². The predicted molar refractivity (Wildman–Crippen MR) is 110 cm³/mol. The third-order valence-corrected chi connectivity index (χ3v) is 4.68. The van der Waals surface area contributed by atoms with Gasteiger partial charge in [0.25, 0.3) is 0 Å². The van der Waals surface area contributed by atoms with Crippen LogP contribution in [0.4, 0.5) is 5.69 Å². The molecule has 27 heavy (non-hydrogen) atoms. The van der Waals surface area contributed by atoms with Crippen LogP contribution in [0.25, 0.3) is 0 Å². The Hall–Kier alpha value is -2.66. The first kappa shape index (κ1) is 20.6. The molecule has 0 saturated carbocycles. The maximum Gasteiger partial charge on any atom is 0.243 e. The van der Waals surface area contributed by atoms with Crippen molar-refractivity contribution in [2.24, 2.45) is 0 Å². The van der Waals surface area contributed by atoms with E-state index >= 15 is 0 Å². The molecule has 2 amide bonds. The van der Waals surface area contributed by atoms with Crippen molar-refractivity contribution >= 4 is 17.5 Å². The lowest BCUT2D eigenvalue weighted by Crippen LogP contribution is -2.39. The molecule has 0 unspecified atom stereocenters. The van der Waals surface area contributed by atoms with Gasteiger partial charge in [-0.1, -0.05) is 35.9 Å². The van der Waals surface area contributed by atoms with Crippen LogP contribution in [-0.2, 0) is 16.1 Å². The summed E-state index contributed by atoms with van der Waals surface area (Å²) in [7, 11) is 1.90. The number of hydrogen-bond donors (Lipinski definition) is 2. The molecule has 2 aromatic rings. The van der Waals surface area contributed by atoms with Crippen LogP contribution in [0.1, 0.15) is 27.8 Å². The van der Waals surface area contributed by atoms with Gasteiger partial charge in [-0.3, -0.25) is 14.5 Å². The van der Waals surface area contributed by atoms with Crippen molar-refractivity contribution in [3.8, 4) is 0 Å². The summed E-state index contributed by atoms with van der Waals surface area (Å²) in [5, 5.41) is 5.53. The van der Waals surface area contributed by atoms with Gasteiger partial charge in [0, 0.05) is 12.2 Å². The molecule has 0 spiro atoms. The average Bonchev–Trinajstić information content (AvgIpc) is 2.59. The van der Waals surface area contributed by atoms with Gasteiger partial charge in [0.15, 0.2) is 0 Å². The number of amides is 2. The fraction of sp³-hybridized carbons (Fsp3) is 0.364. The van der Waals surface area contributed by atoms with E-state index in [0.29, 0.717) is 6.54 Å². The molecule has 2 rings (SSSR count). The second-order valence-corrected chi connectivity index (χ2v) is 7.17. The van der Waals surface area contributed by atoms with Crippen molar-refractivity contribution in [2.45, 2.75) is 34.2 Å². The topological polar surface area (TPSA) is 61.4 Å². The summed E-state index contributed by atoms with van der Waals surface area (Å²) in [6.45, 7) is 9.00. The molecule has 0 aliphatic rings. The number of benzene rings is 2. The van der Waals surface area contributed by atoms with Crippen LogP contribution in [0.2, 0.25) is 0 Å². The van der Waals surface area contributed by atoms with Gasteiger partial charge in [-0.05, 0) is 63.1 Å². The molecule has 144 valence electrons. The van der Waals surface area contributed by atoms with Crippen LogP contribution in [-0.4, -0.2) is 36.9 Å². The third-order valence-electron chi connectivity index (χ3n) is 4.68. The van der Waals surface area contributed by atoms with E-state index in [9.17, 15) is 9.59 Å². The van der Waals surface area contributed by atoms with E-state index in [1.807, 2.05) is 44.0 Å². The van der Waals surface area contributed by atoms with Crippen molar-refractivity contribution in [1.29, 1.82) is 0 Å². The highest BCUT2D eigenvalue weighted by molar-refractivity contribution is 5.95. The van der Waals surface area contributed by atoms with E-state index in [0.717, 1.165) is 16.8 Å². The van der Waals surface area contributed by atoms with Crippen LogP contribution < -0.4 is 10.6 Å². The molecule has 0 bridgehead atoms. The summed E-state index contributed by atoms with van der Waals surface area (Å²) in [5.74, 6) is -0.396. The number of likely N-dealkylation sites (N-methyl/N-ethyl adjacent to an activating group) is 1. The zero-order valence-electron chi connectivity index (χ0n) is 16.8. The Bertz CT molecular complexity index is 830. The van der Waals surface area contributed by atoms with E-state index in [1.165, 1.54) is 16.7 Å². The fourth-order valence-corrected chi connectivity index (χ4v) is 2.93. The van der Waals surface area contributed by atoms with Crippen LogP contribution in [0, 0.1) is 27.7 Å². The maximum absolute atomic E-state index is 12.1. The molecule has 0 radical (unpaired) electrons. The molecule has 5 heteroatoms. The predicted octanol–water partition coefficient (Wildman–Crippen LogP) is 3.11.